The second kappa shape index (κ2) is 8.06. The van der Waals surface area contributed by atoms with E-state index in [0.29, 0.717) is 11.4 Å². The Hall–Kier alpha value is -2.79. The Labute approximate surface area is 156 Å². The first-order valence-electron chi connectivity index (χ1n) is 8.26. The number of hydrogen-bond donors (Lipinski definition) is 2. The highest BCUT2D eigenvalue weighted by molar-refractivity contribution is 6.30. The summed E-state index contributed by atoms with van der Waals surface area (Å²) >= 11 is 5.85. The van der Waals surface area contributed by atoms with Gasteiger partial charge in [0.15, 0.2) is 0 Å². The third-order valence-corrected chi connectivity index (χ3v) is 4.31. The first kappa shape index (κ1) is 18.0. The van der Waals surface area contributed by atoms with Crippen molar-refractivity contribution in [3.63, 3.8) is 0 Å². The van der Waals surface area contributed by atoms with Gasteiger partial charge in [-0.2, -0.15) is 0 Å². The summed E-state index contributed by atoms with van der Waals surface area (Å²) in [5, 5.41) is 4.32. The first-order chi connectivity index (χ1) is 12.5. The van der Waals surface area contributed by atoms with Crippen LogP contribution < -0.4 is 5.32 Å². The predicted molar refractivity (Wildman–Crippen MR) is 101 cm³/mol. The number of H-pyrrole nitrogens is 1. The minimum atomic E-state index is -0.751. The van der Waals surface area contributed by atoms with E-state index in [1.54, 1.807) is 24.3 Å². The number of benzene rings is 2. The summed E-state index contributed by atoms with van der Waals surface area (Å²) in [6.07, 6.45) is 2.20. The fourth-order valence-corrected chi connectivity index (χ4v) is 2.92. The summed E-state index contributed by atoms with van der Waals surface area (Å²) in [6, 6.07) is 14.1. The van der Waals surface area contributed by atoms with Crippen LogP contribution in [-0.4, -0.2) is 22.9 Å². The van der Waals surface area contributed by atoms with Crippen LogP contribution in [0.1, 0.15) is 18.1 Å². The van der Waals surface area contributed by atoms with Crippen LogP contribution in [0, 0.1) is 0 Å². The Morgan fingerprint density at radius 1 is 1.15 bits per heavy atom. The number of carbonyl (C=O) groups is 2. The number of nitrogens with one attached hydrogen (secondary N) is 2. The lowest BCUT2D eigenvalue weighted by Gasteiger charge is -2.16. The summed E-state index contributed by atoms with van der Waals surface area (Å²) < 4.78 is 5.38. The van der Waals surface area contributed by atoms with Crippen molar-refractivity contribution in [2.75, 3.05) is 0 Å². The van der Waals surface area contributed by atoms with E-state index in [2.05, 4.69) is 10.3 Å². The number of rotatable bonds is 6. The molecular weight excluding hydrogens is 352 g/mol. The van der Waals surface area contributed by atoms with Crippen molar-refractivity contribution in [3.8, 4) is 0 Å². The fraction of sp³-hybridized carbons (Fsp3) is 0.200. The van der Waals surface area contributed by atoms with Crippen LogP contribution in [0.3, 0.4) is 0 Å². The van der Waals surface area contributed by atoms with Gasteiger partial charge in [0, 0.05) is 35.5 Å². The normalized spacial score (nSPS) is 11.9. The van der Waals surface area contributed by atoms with Crippen LogP contribution in [0.25, 0.3) is 10.9 Å². The summed E-state index contributed by atoms with van der Waals surface area (Å²) in [5.74, 6) is -0.751. The number of ether oxygens (including phenoxy) is 1. The van der Waals surface area contributed by atoms with Crippen LogP contribution in [0.5, 0.6) is 0 Å². The Morgan fingerprint density at radius 2 is 1.88 bits per heavy atom. The molecule has 2 N–H and O–H groups in total. The summed E-state index contributed by atoms with van der Waals surface area (Å²) in [6.45, 7) is 1.51. The number of aromatic nitrogens is 1. The Balaban J connectivity index is 1.71. The van der Waals surface area contributed by atoms with Gasteiger partial charge in [0.25, 0.3) is 0 Å². The highest BCUT2D eigenvalue weighted by atomic mass is 35.5. The maximum absolute atomic E-state index is 12.5. The highest BCUT2D eigenvalue weighted by Crippen LogP contribution is 2.19. The van der Waals surface area contributed by atoms with Crippen molar-refractivity contribution in [2.45, 2.75) is 26.0 Å². The molecule has 3 aromatic rings. The molecule has 0 aliphatic heterocycles. The number of halogens is 1. The molecule has 0 saturated carbocycles. The van der Waals surface area contributed by atoms with E-state index in [1.165, 1.54) is 6.92 Å². The molecule has 1 amide bonds. The van der Waals surface area contributed by atoms with Gasteiger partial charge in [0.2, 0.25) is 5.91 Å². The van der Waals surface area contributed by atoms with Gasteiger partial charge in [-0.05, 0) is 29.3 Å². The lowest BCUT2D eigenvalue weighted by atomic mass is 10.0. The molecule has 0 unspecified atom stereocenters. The van der Waals surface area contributed by atoms with Gasteiger partial charge in [-0.1, -0.05) is 41.9 Å². The van der Waals surface area contributed by atoms with Gasteiger partial charge < -0.3 is 15.0 Å². The number of aromatic amines is 1. The zero-order chi connectivity index (χ0) is 18.5. The van der Waals surface area contributed by atoms with E-state index >= 15 is 0 Å². The van der Waals surface area contributed by atoms with E-state index in [-0.39, 0.29) is 12.5 Å². The molecule has 1 atom stereocenters. The molecule has 0 spiro atoms. The molecule has 0 bridgehead atoms. The molecular formula is C20H19ClN2O3. The van der Waals surface area contributed by atoms with Gasteiger partial charge in [-0.15, -0.1) is 0 Å². The molecule has 2 aromatic carbocycles. The second-order valence-electron chi connectivity index (χ2n) is 6.05. The van der Waals surface area contributed by atoms with E-state index < -0.39 is 12.0 Å². The number of fused-ring (bicyclic) bond motifs is 1. The maximum atomic E-state index is 12.5. The van der Waals surface area contributed by atoms with Crippen LogP contribution >= 0.6 is 11.6 Å². The van der Waals surface area contributed by atoms with E-state index in [4.69, 9.17) is 16.3 Å². The molecule has 5 nitrogen and oxygen atoms in total. The van der Waals surface area contributed by atoms with Gasteiger partial charge >= 0.3 is 5.97 Å². The molecule has 0 aliphatic carbocycles. The Morgan fingerprint density at radius 3 is 2.62 bits per heavy atom. The van der Waals surface area contributed by atoms with Gasteiger partial charge in [0.1, 0.15) is 12.6 Å². The van der Waals surface area contributed by atoms with E-state index in [9.17, 15) is 9.59 Å². The predicted octanol–water partition coefficient (Wildman–Crippen LogP) is 3.61. The fourth-order valence-electron chi connectivity index (χ4n) is 2.79. The topological polar surface area (TPSA) is 71.2 Å². The smallest absolute Gasteiger partial charge is 0.329 e. The maximum Gasteiger partial charge on any atom is 0.329 e. The van der Waals surface area contributed by atoms with Gasteiger partial charge in [-0.25, -0.2) is 4.79 Å². The average molecular weight is 371 g/mol. The molecule has 134 valence electrons. The number of para-hydroxylation sites is 1. The molecule has 1 heterocycles. The molecule has 1 aromatic heterocycles. The van der Waals surface area contributed by atoms with Crippen LogP contribution in [-0.2, 0) is 27.4 Å². The summed E-state index contributed by atoms with van der Waals surface area (Å²) in [5.41, 5.74) is 2.76. The second-order valence-corrected chi connectivity index (χ2v) is 6.49. The van der Waals surface area contributed by atoms with E-state index in [1.807, 2.05) is 30.5 Å². The molecule has 0 saturated heterocycles. The van der Waals surface area contributed by atoms with Crippen LogP contribution in [0.4, 0.5) is 0 Å². The minimum Gasteiger partial charge on any atom is -0.459 e. The quantitative estimate of drug-likeness (QED) is 0.651. The van der Waals surface area contributed by atoms with Gasteiger partial charge in [-0.3, -0.25) is 4.79 Å². The average Bonchev–Trinajstić information content (AvgIpc) is 3.03. The van der Waals surface area contributed by atoms with Crippen LogP contribution in [0.2, 0.25) is 5.02 Å². The van der Waals surface area contributed by atoms with Crippen molar-refractivity contribution >= 4 is 34.4 Å². The number of carbonyl (C=O) groups excluding carboxylic acids is 2. The number of esters is 1. The van der Waals surface area contributed by atoms with Crippen molar-refractivity contribution in [1.29, 1.82) is 0 Å². The highest BCUT2D eigenvalue weighted by Gasteiger charge is 2.23. The third-order valence-electron chi connectivity index (χ3n) is 4.06. The minimum absolute atomic E-state index is 0.125. The monoisotopic (exact) mass is 370 g/mol. The first-order valence-corrected chi connectivity index (χ1v) is 8.64. The van der Waals surface area contributed by atoms with Crippen molar-refractivity contribution in [1.82, 2.24) is 10.3 Å². The number of hydrogen-bond acceptors (Lipinski definition) is 3. The molecule has 0 radical (unpaired) electrons. The van der Waals surface area contributed by atoms with Crippen molar-refractivity contribution in [3.05, 3.63) is 70.9 Å². The van der Waals surface area contributed by atoms with Crippen LogP contribution in [0.15, 0.2) is 54.7 Å². The Bertz CT molecular complexity index is 918. The number of amides is 1. The standard InChI is InChI=1S/C20H19ClN2O3/c1-13(24)23-19(10-15-11-22-18-5-3-2-4-17(15)18)20(25)26-12-14-6-8-16(21)9-7-14/h2-9,11,19,22H,10,12H2,1H3,(H,23,24)/t19-/m0/s1. The van der Waals surface area contributed by atoms with Crippen molar-refractivity contribution < 1.29 is 14.3 Å². The molecule has 26 heavy (non-hydrogen) atoms. The van der Waals surface area contributed by atoms with E-state index in [0.717, 1.165) is 22.0 Å². The lowest BCUT2D eigenvalue weighted by molar-refractivity contribution is -0.149. The summed E-state index contributed by atoms with van der Waals surface area (Å²) in [4.78, 5) is 27.2. The third kappa shape index (κ3) is 4.43. The molecule has 6 heteroatoms. The SMILES string of the molecule is CC(=O)N[C@@H](Cc1c[nH]c2ccccc12)C(=O)OCc1ccc(Cl)cc1. The zero-order valence-electron chi connectivity index (χ0n) is 14.3. The largest absolute Gasteiger partial charge is 0.459 e. The van der Waals surface area contributed by atoms with Gasteiger partial charge in [0.05, 0.1) is 0 Å². The van der Waals surface area contributed by atoms with Crippen molar-refractivity contribution in [2.24, 2.45) is 0 Å². The molecule has 3 rings (SSSR count). The molecule has 0 fully saturated rings. The lowest BCUT2D eigenvalue weighted by Crippen LogP contribution is -2.42. The Kier molecular flexibility index (Phi) is 5.58. The zero-order valence-corrected chi connectivity index (χ0v) is 15.0. The summed E-state index contributed by atoms with van der Waals surface area (Å²) in [7, 11) is 0. The molecule has 0 aliphatic rings.